The average Bonchev–Trinajstić information content (AvgIpc) is 2.26. The molecular formula is C12H26N2O4S2. The second-order valence-electron chi connectivity index (χ2n) is 6.51. The van der Waals surface area contributed by atoms with Crippen molar-refractivity contribution in [2.24, 2.45) is 11.1 Å². The van der Waals surface area contributed by atoms with Gasteiger partial charge in [-0.2, -0.15) is 0 Å². The van der Waals surface area contributed by atoms with Crippen LogP contribution >= 0.6 is 0 Å². The lowest BCUT2D eigenvalue weighted by molar-refractivity contribution is 0.286. The summed E-state index contributed by atoms with van der Waals surface area (Å²) >= 11 is 0. The lowest BCUT2D eigenvalue weighted by atomic mass is 9.85. The van der Waals surface area contributed by atoms with Crippen LogP contribution in [-0.4, -0.2) is 46.2 Å². The molecule has 0 saturated carbocycles. The molecule has 0 amide bonds. The van der Waals surface area contributed by atoms with E-state index in [2.05, 4.69) is 4.72 Å². The van der Waals surface area contributed by atoms with Crippen molar-refractivity contribution in [3.63, 3.8) is 0 Å². The summed E-state index contributed by atoms with van der Waals surface area (Å²) in [6, 6.07) is -0.240. The summed E-state index contributed by atoms with van der Waals surface area (Å²) in [7, 11) is -6.56. The second-order valence-corrected chi connectivity index (χ2v) is 10.8. The van der Waals surface area contributed by atoms with Gasteiger partial charge in [0.2, 0.25) is 10.0 Å². The number of rotatable bonds is 5. The fourth-order valence-electron chi connectivity index (χ4n) is 2.31. The van der Waals surface area contributed by atoms with E-state index in [-0.39, 0.29) is 35.8 Å². The molecule has 0 aromatic heterocycles. The van der Waals surface area contributed by atoms with Crippen molar-refractivity contribution in [3.05, 3.63) is 0 Å². The van der Waals surface area contributed by atoms with E-state index in [9.17, 15) is 16.8 Å². The van der Waals surface area contributed by atoms with Crippen molar-refractivity contribution in [2.75, 3.05) is 18.1 Å². The first kappa shape index (κ1) is 17.9. The number of sulfonamides is 1. The molecule has 1 unspecified atom stereocenters. The molecular weight excluding hydrogens is 300 g/mol. The van der Waals surface area contributed by atoms with Crippen molar-refractivity contribution in [3.8, 4) is 0 Å². The van der Waals surface area contributed by atoms with Gasteiger partial charge in [-0.3, -0.25) is 0 Å². The maximum absolute atomic E-state index is 12.4. The van der Waals surface area contributed by atoms with Crippen LogP contribution in [0.1, 0.15) is 40.0 Å². The van der Waals surface area contributed by atoms with Crippen LogP contribution in [0, 0.1) is 5.41 Å². The quantitative estimate of drug-likeness (QED) is 0.753. The maximum atomic E-state index is 12.4. The van der Waals surface area contributed by atoms with Crippen LogP contribution in [0.2, 0.25) is 0 Å². The largest absolute Gasteiger partial charge is 0.330 e. The van der Waals surface area contributed by atoms with Crippen molar-refractivity contribution >= 4 is 19.9 Å². The fraction of sp³-hybridized carbons (Fsp3) is 1.00. The van der Waals surface area contributed by atoms with Crippen LogP contribution in [0.15, 0.2) is 0 Å². The molecule has 0 radical (unpaired) electrons. The molecule has 0 aliphatic carbocycles. The molecule has 8 heteroatoms. The summed E-state index contributed by atoms with van der Waals surface area (Å²) < 4.78 is 50.2. The monoisotopic (exact) mass is 326 g/mol. The number of nitrogens with two attached hydrogens (primary N) is 1. The normalized spacial score (nSPS) is 22.6. The van der Waals surface area contributed by atoms with E-state index in [1.54, 1.807) is 0 Å². The molecule has 1 saturated heterocycles. The van der Waals surface area contributed by atoms with Gasteiger partial charge < -0.3 is 5.73 Å². The zero-order valence-electron chi connectivity index (χ0n) is 12.4. The molecule has 6 nitrogen and oxygen atoms in total. The second kappa shape index (κ2) is 6.29. The Hall–Kier alpha value is -0.180. The summed E-state index contributed by atoms with van der Waals surface area (Å²) in [5.74, 6) is -0.0920. The number of sulfone groups is 1. The number of hydrogen-bond acceptors (Lipinski definition) is 5. The first-order chi connectivity index (χ1) is 8.98. The Bertz CT molecular complexity index is 506. The van der Waals surface area contributed by atoms with Crippen LogP contribution in [-0.2, 0) is 19.9 Å². The highest BCUT2D eigenvalue weighted by Gasteiger charge is 2.36. The van der Waals surface area contributed by atoms with E-state index in [0.717, 1.165) is 0 Å². The summed E-state index contributed by atoms with van der Waals surface area (Å²) in [6.45, 7) is 6.28. The molecule has 120 valence electrons. The number of hydrogen-bond donors (Lipinski definition) is 2. The Kier molecular flexibility index (Phi) is 5.62. The molecule has 3 N–H and O–H groups in total. The summed E-state index contributed by atoms with van der Waals surface area (Å²) in [4.78, 5) is 0. The average molecular weight is 326 g/mol. The molecule has 20 heavy (non-hydrogen) atoms. The maximum Gasteiger partial charge on any atom is 0.214 e. The minimum Gasteiger partial charge on any atom is -0.330 e. The van der Waals surface area contributed by atoms with Gasteiger partial charge in [0.15, 0.2) is 0 Å². The van der Waals surface area contributed by atoms with E-state index >= 15 is 0 Å². The van der Waals surface area contributed by atoms with Crippen LogP contribution in [0.4, 0.5) is 0 Å². The standard InChI is InChI=1S/C12H26N2O4S2/c1-12(2,3)11(4-7-13)14-20(17,18)10-5-8-19(15,16)9-6-10/h10-11,14H,4-9,13H2,1-3H3. The molecule has 1 rings (SSSR count). The SMILES string of the molecule is CC(C)(C)C(CCN)NS(=O)(=O)C1CCS(=O)(=O)CC1. The van der Waals surface area contributed by atoms with Gasteiger partial charge in [0, 0.05) is 6.04 Å². The molecule has 0 spiro atoms. The Labute approximate surface area is 122 Å². The Morgan fingerprint density at radius 2 is 1.75 bits per heavy atom. The van der Waals surface area contributed by atoms with Crippen molar-refractivity contribution < 1.29 is 16.8 Å². The summed E-state index contributed by atoms with van der Waals surface area (Å²) in [5, 5.41) is -0.617. The first-order valence-electron chi connectivity index (χ1n) is 6.89. The topological polar surface area (TPSA) is 106 Å². The first-order valence-corrected chi connectivity index (χ1v) is 10.3. The molecule has 1 aliphatic heterocycles. The van der Waals surface area contributed by atoms with E-state index < -0.39 is 25.1 Å². The lowest BCUT2D eigenvalue weighted by Gasteiger charge is -2.33. The van der Waals surface area contributed by atoms with Crippen molar-refractivity contribution in [1.29, 1.82) is 0 Å². The van der Waals surface area contributed by atoms with Gasteiger partial charge in [-0.15, -0.1) is 0 Å². The van der Waals surface area contributed by atoms with Gasteiger partial charge in [0.25, 0.3) is 0 Å². The van der Waals surface area contributed by atoms with Gasteiger partial charge in [-0.05, 0) is 31.2 Å². The van der Waals surface area contributed by atoms with Crippen LogP contribution in [0.25, 0.3) is 0 Å². The van der Waals surface area contributed by atoms with Gasteiger partial charge >= 0.3 is 0 Å². The third-order valence-corrected chi connectivity index (χ3v) is 7.43. The Balaban J connectivity index is 2.79. The predicted octanol–water partition coefficient (Wildman–Crippen LogP) is 0.247. The Morgan fingerprint density at radius 3 is 2.15 bits per heavy atom. The highest BCUT2D eigenvalue weighted by atomic mass is 32.2. The Morgan fingerprint density at radius 1 is 1.25 bits per heavy atom. The molecule has 0 aromatic rings. The molecule has 1 atom stereocenters. The summed E-state index contributed by atoms with van der Waals surface area (Å²) in [6.07, 6.45) is 0.919. The van der Waals surface area contributed by atoms with Gasteiger partial charge in [-0.25, -0.2) is 21.6 Å². The molecule has 1 aliphatic rings. The van der Waals surface area contributed by atoms with Crippen molar-refractivity contribution in [1.82, 2.24) is 4.72 Å². The van der Waals surface area contributed by atoms with Crippen LogP contribution in [0.5, 0.6) is 0 Å². The smallest absolute Gasteiger partial charge is 0.214 e. The predicted molar refractivity (Wildman–Crippen MR) is 80.6 cm³/mol. The van der Waals surface area contributed by atoms with E-state index in [0.29, 0.717) is 13.0 Å². The van der Waals surface area contributed by atoms with Gasteiger partial charge in [-0.1, -0.05) is 20.8 Å². The lowest BCUT2D eigenvalue weighted by Crippen LogP contribution is -2.49. The molecule has 0 bridgehead atoms. The van der Waals surface area contributed by atoms with Crippen molar-refractivity contribution in [2.45, 2.75) is 51.3 Å². The minimum atomic E-state index is -3.51. The van der Waals surface area contributed by atoms with E-state index in [4.69, 9.17) is 5.73 Å². The van der Waals surface area contributed by atoms with Crippen LogP contribution in [0.3, 0.4) is 0 Å². The fourth-order valence-corrected chi connectivity index (χ4v) is 6.02. The van der Waals surface area contributed by atoms with E-state index in [1.165, 1.54) is 0 Å². The zero-order valence-corrected chi connectivity index (χ0v) is 14.1. The number of nitrogens with one attached hydrogen (secondary N) is 1. The van der Waals surface area contributed by atoms with Gasteiger partial charge in [0.05, 0.1) is 16.8 Å². The third kappa shape index (κ3) is 4.98. The zero-order chi connectivity index (χ0) is 15.6. The third-order valence-electron chi connectivity index (χ3n) is 3.75. The molecule has 0 aromatic carbocycles. The van der Waals surface area contributed by atoms with Crippen LogP contribution < -0.4 is 10.5 Å². The molecule has 1 heterocycles. The minimum absolute atomic E-state index is 0.0460. The molecule has 1 fully saturated rings. The van der Waals surface area contributed by atoms with E-state index in [1.807, 2.05) is 20.8 Å². The summed E-state index contributed by atoms with van der Waals surface area (Å²) in [5.41, 5.74) is 5.32. The van der Waals surface area contributed by atoms with Gasteiger partial charge in [0.1, 0.15) is 9.84 Å². The highest BCUT2D eigenvalue weighted by Crippen LogP contribution is 2.25. The highest BCUT2D eigenvalue weighted by molar-refractivity contribution is 7.92.